The maximum absolute atomic E-state index is 12.2. The molecule has 0 radical (unpaired) electrons. The predicted octanol–water partition coefficient (Wildman–Crippen LogP) is 1.45. The van der Waals surface area contributed by atoms with Gasteiger partial charge in [0.25, 0.3) is 0 Å². The van der Waals surface area contributed by atoms with Crippen molar-refractivity contribution in [1.82, 2.24) is 10.2 Å². The summed E-state index contributed by atoms with van der Waals surface area (Å²) in [6, 6.07) is -0.512. The molecular formula is C13H24N2O4. The van der Waals surface area contributed by atoms with E-state index >= 15 is 0 Å². The van der Waals surface area contributed by atoms with Gasteiger partial charge in [-0.3, -0.25) is 4.79 Å². The van der Waals surface area contributed by atoms with Gasteiger partial charge in [-0.15, -0.1) is 0 Å². The van der Waals surface area contributed by atoms with Crippen molar-refractivity contribution in [3.8, 4) is 0 Å². The highest BCUT2D eigenvalue weighted by Crippen LogP contribution is 2.19. The summed E-state index contributed by atoms with van der Waals surface area (Å²) in [4.78, 5) is 24.8. The Hall–Kier alpha value is -1.30. The highest BCUT2D eigenvalue weighted by atomic mass is 16.5. The van der Waals surface area contributed by atoms with Crippen LogP contribution < -0.4 is 5.32 Å². The maximum atomic E-state index is 12.2. The van der Waals surface area contributed by atoms with E-state index in [4.69, 9.17) is 9.84 Å². The minimum absolute atomic E-state index is 0.0374. The van der Waals surface area contributed by atoms with Gasteiger partial charge in [0.2, 0.25) is 0 Å². The van der Waals surface area contributed by atoms with Gasteiger partial charge in [-0.25, -0.2) is 4.79 Å². The van der Waals surface area contributed by atoms with E-state index in [0.29, 0.717) is 26.2 Å². The van der Waals surface area contributed by atoms with Crippen molar-refractivity contribution in [1.29, 1.82) is 0 Å². The van der Waals surface area contributed by atoms with Crippen LogP contribution in [0.25, 0.3) is 0 Å². The third-order valence-corrected chi connectivity index (χ3v) is 3.28. The summed E-state index contributed by atoms with van der Waals surface area (Å²) in [6.07, 6.45) is 1.47. The molecule has 2 N–H and O–H groups in total. The summed E-state index contributed by atoms with van der Waals surface area (Å²) in [7, 11) is 0. The van der Waals surface area contributed by atoms with Gasteiger partial charge in [0.15, 0.2) is 0 Å². The van der Waals surface area contributed by atoms with Crippen LogP contribution in [0.5, 0.6) is 0 Å². The molecule has 110 valence electrons. The van der Waals surface area contributed by atoms with Gasteiger partial charge in [0.1, 0.15) is 0 Å². The predicted molar refractivity (Wildman–Crippen MR) is 71.1 cm³/mol. The minimum Gasteiger partial charge on any atom is -0.481 e. The van der Waals surface area contributed by atoms with Crippen molar-refractivity contribution in [2.24, 2.45) is 0 Å². The highest BCUT2D eigenvalue weighted by Gasteiger charge is 2.34. The molecule has 0 bridgehead atoms. The van der Waals surface area contributed by atoms with E-state index < -0.39 is 5.97 Å². The Morgan fingerprint density at radius 3 is 2.68 bits per heavy atom. The largest absolute Gasteiger partial charge is 0.481 e. The molecule has 1 heterocycles. The van der Waals surface area contributed by atoms with Gasteiger partial charge >= 0.3 is 12.0 Å². The zero-order chi connectivity index (χ0) is 14.5. The average Bonchev–Trinajstić information content (AvgIpc) is 2.27. The van der Waals surface area contributed by atoms with Crippen LogP contribution in [0.3, 0.4) is 0 Å². The average molecular weight is 272 g/mol. The Balaban J connectivity index is 2.62. The number of rotatable bonds is 5. The molecule has 2 amide bonds. The van der Waals surface area contributed by atoms with Crippen LogP contribution in [-0.2, 0) is 9.53 Å². The molecule has 0 aromatic heterocycles. The molecule has 0 saturated carbocycles. The van der Waals surface area contributed by atoms with Crippen LogP contribution >= 0.6 is 0 Å². The molecule has 6 heteroatoms. The third-order valence-electron chi connectivity index (χ3n) is 3.28. The highest BCUT2D eigenvalue weighted by molar-refractivity contribution is 5.76. The molecule has 0 aromatic carbocycles. The van der Waals surface area contributed by atoms with E-state index in [1.807, 2.05) is 20.8 Å². The zero-order valence-corrected chi connectivity index (χ0v) is 11.9. The van der Waals surface area contributed by atoms with E-state index in [9.17, 15) is 9.59 Å². The monoisotopic (exact) mass is 272 g/mol. The first-order valence-electron chi connectivity index (χ1n) is 6.74. The lowest BCUT2D eigenvalue weighted by molar-refractivity contribution is -0.137. The quantitative estimate of drug-likeness (QED) is 0.794. The first-order chi connectivity index (χ1) is 8.86. The summed E-state index contributed by atoms with van der Waals surface area (Å²) >= 11 is 0. The number of nitrogens with zero attached hydrogens (tertiary/aromatic N) is 1. The van der Waals surface area contributed by atoms with E-state index in [2.05, 4.69) is 5.32 Å². The lowest BCUT2D eigenvalue weighted by Gasteiger charge is -2.42. The minimum atomic E-state index is -0.889. The lowest BCUT2D eigenvalue weighted by atomic mass is 10.0. The molecule has 0 aromatic rings. The number of carboxylic acids is 1. The van der Waals surface area contributed by atoms with Gasteiger partial charge < -0.3 is 20.1 Å². The number of hydrogen-bond acceptors (Lipinski definition) is 3. The van der Waals surface area contributed by atoms with E-state index in [0.717, 1.165) is 6.42 Å². The SMILES string of the molecule is CCCC(CC(=O)O)NC(=O)N1CCOCC1(C)C. The fraction of sp³-hybridized carbons (Fsp3) is 0.846. The van der Waals surface area contributed by atoms with Gasteiger partial charge in [-0.1, -0.05) is 13.3 Å². The molecule has 1 unspecified atom stereocenters. The number of morpholine rings is 1. The molecule has 19 heavy (non-hydrogen) atoms. The molecule has 1 aliphatic rings. The second kappa shape index (κ2) is 6.75. The molecule has 1 saturated heterocycles. The fourth-order valence-electron chi connectivity index (χ4n) is 2.27. The summed E-state index contributed by atoms with van der Waals surface area (Å²) < 4.78 is 5.37. The smallest absolute Gasteiger partial charge is 0.318 e. The first kappa shape index (κ1) is 15.8. The van der Waals surface area contributed by atoms with Crippen LogP contribution in [0, 0.1) is 0 Å². The molecular weight excluding hydrogens is 248 g/mol. The zero-order valence-electron chi connectivity index (χ0n) is 11.9. The van der Waals surface area contributed by atoms with Gasteiger partial charge in [-0.2, -0.15) is 0 Å². The van der Waals surface area contributed by atoms with Crippen LogP contribution in [0.4, 0.5) is 4.79 Å². The Morgan fingerprint density at radius 1 is 1.47 bits per heavy atom. The number of urea groups is 1. The Bertz CT molecular complexity index is 331. The second-order valence-electron chi connectivity index (χ2n) is 5.55. The van der Waals surface area contributed by atoms with Crippen molar-refractivity contribution in [3.63, 3.8) is 0 Å². The maximum Gasteiger partial charge on any atom is 0.318 e. The third kappa shape index (κ3) is 4.70. The second-order valence-corrected chi connectivity index (χ2v) is 5.55. The van der Waals surface area contributed by atoms with Crippen LogP contribution in [0.1, 0.15) is 40.0 Å². The van der Waals surface area contributed by atoms with Gasteiger partial charge in [0.05, 0.1) is 25.2 Å². The lowest BCUT2D eigenvalue weighted by Crippen LogP contribution is -2.59. The van der Waals surface area contributed by atoms with Gasteiger partial charge in [0, 0.05) is 12.6 Å². The summed E-state index contributed by atoms with van der Waals surface area (Å²) in [5.41, 5.74) is -0.359. The molecule has 1 atom stereocenters. The van der Waals surface area contributed by atoms with Crippen LogP contribution in [0.15, 0.2) is 0 Å². The van der Waals surface area contributed by atoms with Crippen molar-refractivity contribution in [3.05, 3.63) is 0 Å². The summed E-state index contributed by atoms with van der Waals surface area (Å²) in [5.74, 6) is -0.889. The summed E-state index contributed by atoms with van der Waals surface area (Å²) in [6.45, 7) is 7.41. The normalized spacial score (nSPS) is 19.8. The number of ether oxygens (including phenoxy) is 1. The number of amides is 2. The topological polar surface area (TPSA) is 78.9 Å². The molecule has 0 aliphatic carbocycles. The van der Waals surface area contributed by atoms with Crippen molar-refractivity contribution >= 4 is 12.0 Å². The Kier molecular flexibility index (Phi) is 5.60. The molecule has 1 fully saturated rings. The van der Waals surface area contributed by atoms with E-state index in [-0.39, 0.29) is 24.0 Å². The van der Waals surface area contributed by atoms with Gasteiger partial charge in [-0.05, 0) is 20.3 Å². The summed E-state index contributed by atoms with van der Waals surface area (Å²) in [5, 5.41) is 11.7. The van der Waals surface area contributed by atoms with Crippen molar-refractivity contribution < 1.29 is 19.4 Å². The number of carbonyl (C=O) groups is 2. The number of aliphatic carboxylic acids is 1. The number of nitrogens with one attached hydrogen (secondary N) is 1. The van der Waals surface area contributed by atoms with Crippen molar-refractivity contribution in [2.75, 3.05) is 19.8 Å². The number of carbonyl (C=O) groups excluding carboxylic acids is 1. The molecule has 6 nitrogen and oxygen atoms in total. The molecule has 1 aliphatic heterocycles. The van der Waals surface area contributed by atoms with Crippen LogP contribution in [-0.4, -0.2) is 53.3 Å². The van der Waals surface area contributed by atoms with Crippen LogP contribution in [0.2, 0.25) is 0 Å². The first-order valence-corrected chi connectivity index (χ1v) is 6.74. The Morgan fingerprint density at radius 2 is 2.16 bits per heavy atom. The fourth-order valence-corrected chi connectivity index (χ4v) is 2.27. The standard InChI is InChI=1S/C13H24N2O4/c1-4-5-10(8-11(16)17)14-12(18)15-6-7-19-9-13(15,2)3/h10H,4-9H2,1-3H3,(H,14,18)(H,16,17). The Labute approximate surface area is 114 Å². The van der Waals surface area contributed by atoms with Crippen molar-refractivity contribution in [2.45, 2.75) is 51.6 Å². The van der Waals surface area contributed by atoms with E-state index in [1.54, 1.807) is 4.90 Å². The number of carboxylic acid groups (broad SMARTS) is 1. The van der Waals surface area contributed by atoms with E-state index in [1.165, 1.54) is 0 Å². The number of hydrogen-bond donors (Lipinski definition) is 2. The molecule has 0 spiro atoms. The molecule has 1 rings (SSSR count).